The molecule has 0 aromatic rings. The number of hydrogen-bond acceptors (Lipinski definition) is 4. The summed E-state index contributed by atoms with van der Waals surface area (Å²) in [5.41, 5.74) is 0. The summed E-state index contributed by atoms with van der Waals surface area (Å²) >= 11 is 0. The molecule has 0 aliphatic carbocycles. The van der Waals surface area contributed by atoms with E-state index in [1.165, 1.54) is 238 Å². The molecule has 0 spiro atoms. The van der Waals surface area contributed by atoms with Gasteiger partial charge in [0, 0.05) is 0 Å². The van der Waals surface area contributed by atoms with Gasteiger partial charge >= 0.3 is 0 Å². The molecule has 0 aliphatic rings. The summed E-state index contributed by atoms with van der Waals surface area (Å²) in [6.07, 6.45) is 58.4. The number of hydrogen-bond donors (Lipinski definition) is 4. The Hall–Kier alpha value is -0.910. The average molecular weight is 806 g/mol. The molecule has 1 amide bonds. The van der Waals surface area contributed by atoms with E-state index in [4.69, 9.17) is 0 Å². The van der Waals surface area contributed by atoms with Crippen molar-refractivity contribution in [1.29, 1.82) is 0 Å². The van der Waals surface area contributed by atoms with Gasteiger partial charge in [0.15, 0.2) is 0 Å². The van der Waals surface area contributed by atoms with Crippen LogP contribution in [0.4, 0.5) is 0 Å². The minimum Gasteiger partial charge on any atom is -0.394 e. The SMILES string of the molecule is CCCCCCCCCCCCCCCCCCCCCCC/C=C/C(O)C(CO)NC(=O)C(O)CCCCCCCCCCCCCCCCCCCCCC. The van der Waals surface area contributed by atoms with E-state index in [2.05, 4.69) is 19.2 Å². The first-order chi connectivity index (χ1) is 28.1. The van der Waals surface area contributed by atoms with Gasteiger partial charge in [-0.2, -0.15) is 0 Å². The lowest BCUT2D eigenvalue weighted by Crippen LogP contribution is -2.48. The van der Waals surface area contributed by atoms with Crippen molar-refractivity contribution in [1.82, 2.24) is 5.32 Å². The highest BCUT2D eigenvalue weighted by molar-refractivity contribution is 5.80. The lowest BCUT2D eigenvalue weighted by molar-refractivity contribution is -0.131. The van der Waals surface area contributed by atoms with Crippen LogP contribution in [0.2, 0.25) is 0 Å². The second-order valence-electron chi connectivity index (χ2n) is 18.1. The normalized spacial score (nSPS) is 13.4. The van der Waals surface area contributed by atoms with E-state index < -0.39 is 24.2 Å². The molecule has 0 fully saturated rings. The topological polar surface area (TPSA) is 89.8 Å². The number of allylic oxidation sites excluding steroid dienone is 1. The quantitative estimate of drug-likeness (QED) is 0.0364. The number of aliphatic hydroxyl groups is 3. The van der Waals surface area contributed by atoms with Crippen LogP contribution in [0.25, 0.3) is 0 Å². The molecule has 4 N–H and O–H groups in total. The van der Waals surface area contributed by atoms with E-state index in [1.54, 1.807) is 6.08 Å². The summed E-state index contributed by atoms with van der Waals surface area (Å²) < 4.78 is 0. The van der Waals surface area contributed by atoms with Crippen molar-refractivity contribution < 1.29 is 20.1 Å². The van der Waals surface area contributed by atoms with Gasteiger partial charge in [0.05, 0.1) is 18.8 Å². The van der Waals surface area contributed by atoms with Gasteiger partial charge in [0.2, 0.25) is 5.91 Å². The van der Waals surface area contributed by atoms with E-state index in [9.17, 15) is 20.1 Å². The summed E-state index contributed by atoms with van der Waals surface area (Å²) in [5.74, 6) is -0.497. The maximum Gasteiger partial charge on any atom is 0.249 e. The van der Waals surface area contributed by atoms with Crippen molar-refractivity contribution in [2.45, 2.75) is 308 Å². The fourth-order valence-corrected chi connectivity index (χ4v) is 8.31. The molecule has 5 heteroatoms. The van der Waals surface area contributed by atoms with E-state index >= 15 is 0 Å². The molecule has 0 aromatic heterocycles. The van der Waals surface area contributed by atoms with Gasteiger partial charge in [-0.25, -0.2) is 0 Å². The van der Waals surface area contributed by atoms with Crippen LogP contribution in [0.1, 0.15) is 290 Å². The maximum absolute atomic E-state index is 12.5. The standard InChI is InChI=1S/C52H103NO4/c1-3-5-7-9-11-13-15-17-19-21-23-25-26-27-29-30-32-34-36-38-40-42-44-46-50(55)49(48-54)53-52(57)51(56)47-45-43-41-39-37-35-33-31-28-24-22-20-18-16-14-12-10-8-6-4-2/h44,46,49-51,54-56H,3-43,45,47-48H2,1-2H3,(H,53,57)/b46-44+. The number of amides is 1. The first-order valence-corrected chi connectivity index (χ1v) is 26.0. The van der Waals surface area contributed by atoms with Gasteiger partial charge in [0.25, 0.3) is 0 Å². The second kappa shape index (κ2) is 47.8. The Labute approximate surface area is 357 Å². The Balaban J connectivity index is 3.57. The summed E-state index contributed by atoms with van der Waals surface area (Å²) in [6, 6.07) is -0.793. The van der Waals surface area contributed by atoms with Crippen molar-refractivity contribution in [3.8, 4) is 0 Å². The number of rotatable bonds is 48. The molecule has 0 saturated heterocycles. The first-order valence-electron chi connectivity index (χ1n) is 26.0. The third-order valence-corrected chi connectivity index (χ3v) is 12.4. The minimum atomic E-state index is -1.09. The van der Waals surface area contributed by atoms with Crippen molar-refractivity contribution in [3.63, 3.8) is 0 Å². The van der Waals surface area contributed by atoms with Crippen LogP contribution in [0, 0.1) is 0 Å². The highest BCUT2D eigenvalue weighted by Crippen LogP contribution is 2.17. The van der Waals surface area contributed by atoms with Gasteiger partial charge in [-0.05, 0) is 19.3 Å². The zero-order valence-electron chi connectivity index (χ0n) is 38.7. The summed E-state index contributed by atoms with van der Waals surface area (Å²) in [4.78, 5) is 12.5. The first kappa shape index (κ1) is 56.1. The van der Waals surface area contributed by atoms with Gasteiger partial charge in [-0.15, -0.1) is 0 Å². The Morgan fingerprint density at radius 2 is 0.684 bits per heavy atom. The molecule has 5 nitrogen and oxygen atoms in total. The van der Waals surface area contributed by atoms with E-state index in [0.29, 0.717) is 6.42 Å². The van der Waals surface area contributed by atoms with Crippen LogP contribution in [-0.4, -0.2) is 46.1 Å². The third kappa shape index (κ3) is 43.0. The van der Waals surface area contributed by atoms with Crippen LogP contribution in [0.3, 0.4) is 0 Å². The fraction of sp³-hybridized carbons (Fsp3) is 0.942. The number of nitrogens with one attached hydrogen (secondary N) is 1. The van der Waals surface area contributed by atoms with Crippen LogP contribution in [0.5, 0.6) is 0 Å². The van der Waals surface area contributed by atoms with Gasteiger partial charge in [-0.1, -0.05) is 283 Å². The monoisotopic (exact) mass is 806 g/mol. The minimum absolute atomic E-state index is 0.358. The number of aliphatic hydroxyl groups excluding tert-OH is 3. The Morgan fingerprint density at radius 3 is 0.965 bits per heavy atom. The van der Waals surface area contributed by atoms with Crippen LogP contribution < -0.4 is 5.32 Å². The smallest absolute Gasteiger partial charge is 0.249 e. The largest absolute Gasteiger partial charge is 0.394 e. The molecule has 3 unspecified atom stereocenters. The molecule has 0 aromatic carbocycles. The maximum atomic E-state index is 12.5. The molecule has 0 heterocycles. The van der Waals surface area contributed by atoms with Crippen molar-refractivity contribution in [2.75, 3.05) is 6.61 Å². The Bertz CT molecular complexity index is 803. The van der Waals surface area contributed by atoms with Crippen LogP contribution in [0.15, 0.2) is 12.2 Å². The zero-order valence-corrected chi connectivity index (χ0v) is 38.7. The summed E-state index contributed by atoms with van der Waals surface area (Å²) in [6.45, 7) is 4.22. The van der Waals surface area contributed by atoms with E-state index in [-0.39, 0.29) is 6.61 Å². The van der Waals surface area contributed by atoms with Gasteiger partial charge in [-0.3, -0.25) is 4.79 Å². The lowest BCUT2D eigenvalue weighted by atomic mass is 10.0. The van der Waals surface area contributed by atoms with Crippen molar-refractivity contribution in [3.05, 3.63) is 12.2 Å². The van der Waals surface area contributed by atoms with Gasteiger partial charge < -0.3 is 20.6 Å². The number of unbranched alkanes of at least 4 members (excludes halogenated alkanes) is 40. The zero-order chi connectivity index (χ0) is 41.5. The number of carbonyl (C=O) groups is 1. The highest BCUT2D eigenvalue weighted by atomic mass is 16.3. The predicted octanol–water partition coefficient (Wildman–Crippen LogP) is 15.6. The fourth-order valence-electron chi connectivity index (χ4n) is 8.31. The average Bonchev–Trinajstić information content (AvgIpc) is 3.22. The van der Waals surface area contributed by atoms with E-state index in [1.807, 2.05) is 6.08 Å². The molecule has 57 heavy (non-hydrogen) atoms. The molecule has 0 radical (unpaired) electrons. The summed E-state index contributed by atoms with van der Waals surface area (Å²) in [5, 5.41) is 33.3. The van der Waals surface area contributed by atoms with Crippen LogP contribution >= 0.6 is 0 Å². The molecular weight excluding hydrogens is 703 g/mol. The van der Waals surface area contributed by atoms with E-state index in [0.717, 1.165) is 32.1 Å². The molecule has 0 rings (SSSR count). The predicted molar refractivity (Wildman–Crippen MR) is 250 cm³/mol. The number of carbonyl (C=O) groups excluding carboxylic acids is 1. The van der Waals surface area contributed by atoms with Crippen LogP contribution in [-0.2, 0) is 4.79 Å². The second-order valence-corrected chi connectivity index (χ2v) is 18.1. The molecular formula is C52H103NO4. The molecule has 0 bridgehead atoms. The van der Waals surface area contributed by atoms with Gasteiger partial charge in [0.1, 0.15) is 6.10 Å². The summed E-state index contributed by atoms with van der Waals surface area (Å²) in [7, 11) is 0. The van der Waals surface area contributed by atoms with Crippen molar-refractivity contribution >= 4 is 5.91 Å². The van der Waals surface area contributed by atoms with Crippen molar-refractivity contribution in [2.24, 2.45) is 0 Å². The molecule has 0 saturated carbocycles. The molecule has 340 valence electrons. The third-order valence-electron chi connectivity index (χ3n) is 12.4. The molecule has 3 atom stereocenters. The Kier molecular flexibility index (Phi) is 47.0. The molecule has 0 aliphatic heterocycles. The highest BCUT2D eigenvalue weighted by Gasteiger charge is 2.22. The Morgan fingerprint density at radius 1 is 0.421 bits per heavy atom. The lowest BCUT2D eigenvalue weighted by Gasteiger charge is -2.21.